The van der Waals surface area contributed by atoms with E-state index in [0.717, 1.165) is 39.4 Å². The lowest BCUT2D eigenvalue weighted by molar-refractivity contribution is -0.129. The van der Waals surface area contributed by atoms with Gasteiger partial charge in [-0.05, 0) is 48.0 Å². The van der Waals surface area contributed by atoms with Crippen LogP contribution in [0.4, 0.5) is 4.79 Å². The first kappa shape index (κ1) is 19.9. The van der Waals surface area contributed by atoms with Crippen molar-refractivity contribution >= 4 is 45.7 Å². The summed E-state index contributed by atoms with van der Waals surface area (Å²) in [6.45, 7) is 4.55. The van der Waals surface area contributed by atoms with Crippen LogP contribution in [0.15, 0.2) is 41.3 Å². The molecule has 3 rings (SSSR count). The first-order chi connectivity index (χ1) is 13.5. The van der Waals surface area contributed by atoms with Gasteiger partial charge in [-0.2, -0.15) is 0 Å². The standard InChI is InChI=1S/C21H22N2O4S/c1-3-11-22-19(24)13-23-20(25)18(28-21(23)26)12-16-15-8-6-5-7-14(15)9-10-17(16)27-4-2/h5-10,12H,3-4,11,13H2,1-2H3,(H,22,24)/b18-12-. The number of ether oxygens (including phenoxy) is 1. The molecule has 1 aliphatic rings. The highest BCUT2D eigenvalue weighted by molar-refractivity contribution is 8.18. The van der Waals surface area contributed by atoms with Gasteiger partial charge in [-0.3, -0.25) is 19.3 Å². The van der Waals surface area contributed by atoms with Gasteiger partial charge >= 0.3 is 0 Å². The van der Waals surface area contributed by atoms with Crippen LogP contribution in [-0.4, -0.2) is 41.6 Å². The zero-order valence-electron chi connectivity index (χ0n) is 15.9. The number of carbonyl (C=O) groups excluding carboxylic acids is 3. The summed E-state index contributed by atoms with van der Waals surface area (Å²) in [4.78, 5) is 38.2. The van der Waals surface area contributed by atoms with Crippen molar-refractivity contribution in [3.63, 3.8) is 0 Å². The van der Waals surface area contributed by atoms with Gasteiger partial charge < -0.3 is 10.1 Å². The monoisotopic (exact) mass is 398 g/mol. The first-order valence-corrected chi connectivity index (χ1v) is 10.0. The molecule has 1 saturated heterocycles. The Kier molecular flexibility index (Phi) is 6.36. The Morgan fingerprint density at radius 3 is 2.71 bits per heavy atom. The van der Waals surface area contributed by atoms with Crippen molar-refractivity contribution in [1.82, 2.24) is 10.2 Å². The van der Waals surface area contributed by atoms with E-state index < -0.39 is 11.1 Å². The summed E-state index contributed by atoms with van der Waals surface area (Å²) in [6, 6.07) is 11.6. The fraction of sp³-hybridized carbons (Fsp3) is 0.286. The van der Waals surface area contributed by atoms with Crippen LogP contribution in [-0.2, 0) is 9.59 Å². The molecule has 28 heavy (non-hydrogen) atoms. The molecule has 1 aliphatic heterocycles. The summed E-state index contributed by atoms with van der Waals surface area (Å²) in [6.07, 6.45) is 2.47. The molecule has 0 bridgehead atoms. The number of benzene rings is 2. The van der Waals surface area contributed by atoms with Crippen molar-refractivity contribution in [2.75, 3.05) is 19.7 Å². The number of imide groups is 1. The Hall–Kier alpha value is -2.80. The Labute approximate surface area is 167 Å². The van der Waals surface area contributed by atoms with E-state index in [9.17, 15) is 14.4 Å². The van der Waals surface area contributed by atoms with Crippen molar-refractivity contribution in [1.29, 1.82) is 0 Å². The summed E-state index contributed by atoms with van der Waals surface area (Å²) in [5.41, 5.74) is 0.751. The van der Waals surface area contributed by atoms with Crippen molar-refractivity contribution < 1.29 is 19.1 Å². The Morgan fingerprint density at radius 2 is 1.96 bits per heavy atom. The number of rotatable bonds is 7. The van der Waals surface area contributed by atoms with Gasteiger partial charge in [0.1, 0.15) is 12.3 Å². The van der Waals surface area contributed by atoms with Gasteiger partial charge in [0, 0.05) is 12.1 Å². The molecule has 3 amide bonds. The maximum atomic E-state index is 12.7. The van der Waals surface area contributed by atoms with Crippen LogP contribution in [0.1, 0.15) is 25.8 Å². The smallest absolute Gasteiger partial charge is 0.294 e. The number of thioether (sulfide) groups is 1. The molecule has 6 nitrogen and oxygen atoms in total. The average Bonchev–Trinajstić information content (AvgIpc) is 2.95. The minimum atomic E-state index is -0.461. The molecule has 0 atom stereocenters. The number of hydrogen-bond acceptors (Lipinski definition) is 5. The fourth-order valence-electron chi connectivity index (χ4n) is 2.94. The molecule has 7 heteroatoms. The molecular formula is C21H22N2O4S. The predicted octanol–water partition coefficient (Wildman–Crippen LogP) is 3.80. The van der Waals surface area contributed by atoms with Crippen LogP contribution in [0, 0.1) is 0 Å². The lowest BCUT2D eigenvalue weighted by Crippen LogP contribution is -2.39. The third kappa shape index (κ3) is 4.20. The van der Waals surface area contributed by atoms with Crippen LogP contribution < -0.4 is 10.1 Å². The van der Waals surface area contributed by atoms with Crippen LogP contribution >= 0.6 is 11.8 Å². The summed E-state index contributed by atoms with van der Waals surface area (Å²) in [7, 11) is 0. The van der Waals surface area contributed by atoms with E-state index in [0.29, 0.717) is 18.9 Å². The zero-order valence-corrected chi connectivity index (χ0v) is 16.7. The summed E-state index contributed by atoms with van der Waals surface area (Å²) < 4.78 is 5.73. The molecule has 2 aromatic rings. The predicted molar refractivity (Wildman–Crippen MR) is 111 cm³/mol. The lowest BCUT2D eigenvalue weighted by Gasteiger charge is -2.12. The van der Waals surface area contributed by atoms with E-state index in [1.165, 1.54) is 0 Å². The highest BCUT2D eigenvalue weighted by Crippen LogP contribution is 2.36. The average molecular weight is 398 g/mol. The lowest BCUT2D eigenvalue weighted by atomic mass is 10.0. The van der Waals surface area contributed by atoms with Gasteiger partial charge in [0.2, 0.25) is 5.91 Å². The molecule has 0 spiro atoms. The second-order valence-electron chi connectivity index (χ2n) is 6.25. The molecule has 0 aromatic heterocycles. The number of nitrogens with zero attached hydrogens (tertiary/aromatic N) is 1. The van der Waals surface area contributed by atoms with Gasteiger partial charge in [0.25, 0.3) is 11.1 Å². The van der Waals surface area contributed by atoms with Gasteiger partial charge in [0.15, 0.2) is 0 Å². The molecule has 0 saturated carbocycles. The van der Waals surface area contributed by atoms with E-state index in [2.05, 4.69) is 5.32 Å². The number of hydrogen-bond donors (Lipinski definition) is 1. The van der Waals surface area contributed by atoms with E-state index in [1.54, 1.807) is 6.08 Å². The molecule has 1 heterocycles. The molecular weight excluding hydrogens is 376 g/mol. The summed E-state index contributed by atoms with van der Waals surface area (Å²) >= 11 is 0.841. The van der Waals surface area contributed by atoms with Crippen molar-refractivity contribution in [3.05, 3.63) is 46.9 Å². The van der Waals surface area contributed by atoms with E-state index >= 15 is 0 Å². The number of amides is 3. The summed E-state index contributed by atoms with van der Waals surface area (Å²) in [5, 5.41) is 4.18. The molecule has 146 valence electrons. The Bertz CT molecular complexity index is 955. The van der Waals surface area contributed by atoms with Crippen molar-refractivity contribution in [2.24, 2.45) is 0 Å². The number of fused-ring (bicyclic) bond motifs is 1. The van der Waals surface area contributed by atoms with Gasteiger partial charge in [-0.1, -0.05) is 37.3 Å². The minimum Gasteiger partial charge on any atom is -0.493 e. The molecule has 1 fully saturated rings. The minimum absolute atomic E-state index is 0.268. The van der Waals surface area contributed by atoms with E-state index in [4.69, 9.17) is 4.74 Å². The highest BCUT2D eigenvalue weighted by atomic mass is 32.2. The first-order valence-electron chi connectivity index (χ1n) is 9.21. The summed E-state index contributed by atoms with van der Waals surface area (Å²) in [5.74, 6) is -0.156. The number of carbonyl (C=O) groups is 3. The molecule has 0 aliphatic carbocycles. The fourth-order valence-corrected chi connectivity index (χ4v) is 3.76. The van der Waals surface area contributed by atoms with Crippen molar-refractivity contribution in [3.8, 4) is 5.75 Å². The van der Waals surface area contributed by atoms with Crippen LogP contribution in [0.25, 0.3) is 16.8 Å². The quantitative estimate of drug-likeness (QED) is 0.718. The van der Waals surface area contributed by atoms with E-state index in [1.807, 2.05) is 50.2 Å². The zero-order chi connectivity index (χ0) is 20.1. The van der Waals surface area contributed by atoms with Crippen LogP contribution in [0.3, 0.4) is 0 Å². The second-order valence-corrected chi connectivity index (χ2v) is 7.24. The van der Waals surface area contributed by atoms with E-state index in [-0.39, 0.29) is 17.4 Å². The maximum Gasteiger partial charge on any atom is 0.294 e. The molecule has 2 aromatic carbocycles. The molecule has 1 N–H and O–H groups in total. The SMILES string of the molecule is CCCNC(=O)CN1C(=O)S/C(=C\c2c(OCC)ccc3ccccc23)C1=O. The van der Waals surface area contributed by atoms with Gasteiger partial charge in [0.05, 0.1) is 11.5 Å². The van der Waals surface area contributed by atoms with Gasteiger partial charge in [-0.25, -0.2) is 0 Å². The third-order valence-electron chi connectivity index (χ3n) is 4.25. The molecule has 0 radical (unpaired) electrons. The maximum absolute atomic E-state index is 12.7. The van der Waals surface area contributed by atoms with Crippen LogP contribution in [0.5, 0.6) is 5.75 Å². The van der Waals surface area contributed by atoms with Crippen molar-refractivity contribution in [2.45, 2.75) is 20.3 Å². The Morgan fingerprint density at radius 1 is 1.18 bits per heavy atom. The third-order valence-corrected chi connectivity index (χ3v) is 5.16. The topological polar surface area (TPSA) is 75.7 Å². The largest absolute Gasteiger partial charge is 0.493 e. The molecule has 0 unspecified atom stereocenters. The number of nitrogens with one attached hydrogen (secondary N) is 1. The Balaban J connectivity index is 1.93. The van der Waals surface area contributed by atoms with Crippen LogP contribution in [0.2, 0.25) is 0 Å². The highest BCUT2D eigenvalue weighted by Gasteiger charge is 2.36. The second kappa shape index (κ2) is 8.93. The normalized spacial score (nSPS) is 15.5. The van der Waals surface area contributed by atoms with Gasteiger partial charge in [-0.15, -0.1) is 0 Å².